The Morgan fingerprint density at radius 3 is 1.30 bits per heavy atom. The Hall–Kier alpha value is -11.6. The fourth-order valence-electron chi connectivity index (χ4n) is 16.5. The molecule has 0 fully saturated rings. The minimum absolute atomic E-state index is 0.0204. The highest BCUT2D eigenvalue weighted by molar-refractivity contribution is 6.13. The van der Waals surface area contributed by atoms with Crippen molar-refractivity contribution in [1.82, 2.24) is 18.3 Å². The van der Waals surface area contributed by atoms with Crippen LogP contribution < -0.4 is 11.1 Å². The van der Waals surface area contributed by atoms with Crippen LogP contribution in [0.15, 0.2) is 295 Å². The van der Waals surface area contributed by atoms with Gasteiger partial charge in [0.05, 0.1) is 33.1 Å². The number of fused-ring (bicyclic) bond motifs is 18. The molecule has 6 nitrogen and oxygen atoms in total. The minimum Gasteiger partial charge on any atom is -0.309 e. The molecule has 17 aromatic rings. The van der Waals surface area contributed by atoms with E-state index in [2.05, 4.69) is 254 Å². The first-order valence-corrected chi connectivity index (χ1v) is 31.9. The third-order valence-electron chi connectivity index (χ3n) is 20.8. The van der Waals surface area contributed by atoms with Gasteiger partial charge in [0.15, 0.2) is 0 Å². The highest BCUT2D eigenvalue weighted by atomic mass is 16.1. The summed E-state index contributed by atoms with van der Waals surface area (Å²) < 4.78 is 8.54. The number of para-hydroxylation sites is 3. The molecule has 1 unspecified atom stereocenters. The molecule has 1 atom stereocenters. The molecule has 13 aromatic carbocycles. The fourth-order valence-corrected chi connectivity index (χ4v) is 16.5. The molecule has 0 radical (unpaired) electrons. The topological polar surface area (TPSA) is 53.9 Å². The maximum absolute atomic E-state index is 15.0. The summed E-state index contributed by atoms with van der Waals surface area (Å²) in [5.74, 6) is 0. The average molecular weight is 1180 g/mol. The molecule has 2 aliphatic rings. The van der Waals surface area contributed by atoms with E-state index in [1.165, 1.54) is 77.1 Å². The van der Waals surface area contributed by atoms with Crippen molar-refractivity contribution < 1.29 is 0 Å². The number of hydrogen-bond acceptors (Lipinski definition) is 2. The predicted octanol–water partition coefficient (Wildman–Crippen LogP) is 20.3. The molecule has 0 spiro atoms. The highest BCUT2D eigenvalue weighted by Crippen LogP contribution is 2.53. The van der Waals surface area contributed by atoms with Crippen molar-refractivity contribution in [2.75, 3.05) is 0 Å². The van der Waals surface area contributed by atoms with Crippen LogP contribution in [-0.4, -0.2) is 18.3 Å². The first-order chi connectivity index (χ1) is 45.1. The second-order valence-corrected chi connectivity index (χ2v) is 26.1. The molecule has 434 valence electrons. The monoisotopic (exact) mass is 1180 g/mol. The summed E-state index contributed by atoms with van der Waals surface area (Å²) in [5.41, 5.74) is 23.5. The van der Waals surface area contributed by atoms with E-state index in [0.29, 0.717) is 10.8 Å². The summed E-state index contributed by atoms with van der Waals surface area (Å²) in [6.45, 7) is 7.09. The molecular formula is C86H58N4O2. The van der Waals surface area contributed by atoms with E-state index in [4.69, 9.17) is 0 Å². The third kappa shape index (κ3) is 7.31. The lowest BCUT2D eigenvalue weighted by Gasteiger charge is -2.28. The van der Waals surface area contributed by atoms with E-state index in [-0.39, 0.29) is 21.9 Å². The lowest BCUT2D eigenvalue weighted by Crippen LogP contribution is -2.23. The highest BCUT2D eigenvalue weighted by Gasteiger charge is 2.40. The molecule has 0 bridgehead atoms. The van der Waals surface area contributed by atoms with Crippen molar-refractivity contribution in [3.8, 4) is 56.1 Å². The van der Waals surface area contributed by atoms with Crippen molar-refractivity contribution in [2.45, 2.75) is 38.0 Å². The van der Waals surface area contributed by atoms with Gasteiger partial charge in [0, 0.05) is 76.7 Å². The van der Waals surface area contributed by atoms with Gasteiger partial charge in [-0.05, 0) is 194 Å². The first-order valence-electron chi connectivity index (χ1n) is 31.9. The first kappa shape index (κ1) is 52.3. The van der Waals surface area contributed by atoms with Crippen LogP contribution in [0.5, 0.6) is 0 Å². The number of pyridine rings is 2. The molecule has 0 aliphatic heterocycles. The van der Waals surface area contributed by atoms with Gasteiger partial charge in [-0.3, -0.25) is 18.7 Å². The van der Waals surface area contributed by atoms with Gasteiger partial charge in [-0.2, -0.15) is 0 Å². The Labute approximate surface area is 530 Å². The summed E-state index contributed by atoms with van der Waals surface area (Å²) in [5, 5.41) is 10.2. The summed E-state index contributed by atoms with van der Waals surface area (Å²) in [4.78, 5) is 29.1. The molecule has 19 rings (SSSR count). The summed E-state index contributed by atoms with van der Waals surface area (Å²) in [6, 6.07) is 102. The van der Waals surface area contributed by atoms with Crippen molar-refractivity contribution in [2.24, 2.45) is 0 Å². The SMILES string of the molecule is CC1(C)c2ccccc2-c2cc3c4ccccc4n(-c4ccc(-n5c(=O)c6ccccc6c6cc(-n7c8ccccc8c8cc(CC9(C)c%10ccccc%10-c%10cc(-c%11ccc(-n%12c(=O)c%13ccccc%13c%13ccccc%13%12)cc%11)ccc%109)ccc87)ccc65)cc4)c3cc21. The quantitative estimate of drug-likeness (QED) is 0.149. The zero-order valence-corrected chi connectivity index (χ0v) is 50.9. The molecule has 0 saturated carbocycles. The van der Waals surface area contributed by atoms with Gasteiger partial charge in [0.1, 0.15) is 0 Å². The van der Waals surface area contributed by atoms with Gasteiger partial charge >= 0.3 is 0 Å². The van der Waals surface area contributed by atoms with Crippen LogP contribution in [0.2, 0.25) is 0 Å². The van der Waals surface area contributed by atoms with Gasteiger partial charge < -0.3 is 9.13 Å². The van der Waals surface area contributed by atoms with Crippen LogP contribution in [-0.2, 0) is 17.3 Å². The Morgan fingerprint density at radius 2 is 0.663 bits per heavy atom. The van der Waals surface area contributed by atoms with Crippen LogP contribution in [0.4, 0.5) is 0 Å². The van der Waals surface area contributed by atoms with Gasteiger partial charge in [0.25, 0.3) is 11.1 Å². The van der Waals surface area contributed by atoms with E-state index in [0.717, 1.165) is 89.4 Å². The Bertz CT molecular complexity index is 6190. The van der Waals surface area contributed by atoms with Crippen molar-refractivity contribution in [3.05, 3.63) is 334 Å². The smallest absolute Gasteiger partial charge is 0.263 e. The molecule has 4 heterocycles. The van der Waals surface area contributed by atoms with Gasteiger partial charge in [-0.25, -0.2) is 0 Å². The molecule has 6 heteroatoms. The average Bonchev–Trinajstić information content (AvgIpc) is 1.61. The fraction of sp³-hybridized carbons (Fsp3) is 0.0698. The number of nitrogens with zero attached hydrogens (tertiary/aromatic N) is 4. The largest absolute Gasteiger partial charge is 0.309 e. The summed E-state index contributed by atoms with van der Waals surface area (Å²) in [7, 11) is 0. The molecule has 4 aromatic heterocycles. The second kappa shape index (κ2) is 19.2. The Kier molecular flexibility index (Phi) is 10.9. The maximum atomic E-state index is 15.0. The van der Waals surface area contributed by atoms with E-state index in [1.807, 2.05) is 69.8 Å². The van der Waals surface area contributed by atoms with Crippen molar-refractivity contribution >= 4 is 87.0 Å². The van der Waals surface area contributed by atoms with Crippen LogP contribution in [0, 0.1) is 0 Å². The van der Waals surface area contributed by atoms with E-state index in [1.54, 1.807) is 0 Å². The summed E-state index contributed by atoms with van der Waals surface area (Å²) in [6.07, 6.45) is 0.809. The predicted molar refractivity (Wildman–Crippen MR) is 381 cm³/mol. The van der Waals surface area contributed by atoms with E-state index in [9.17, 15) is 9.59 Å². The van der Waals surface area contributed by atoms with Crippen molar-refractivity contribution in [3.63, 3.8) is 0 Å². The zero-order valence-electron chi connectivity index (χ0n) is 50.9. The number of hydrogen-bond donors (Lipinski definition) is 0. The Morgan fingerprint density at radius 1 is 0.261 bits per heavy atom. The minimum atomic E-state index is -0.301. The van der Waals surface area contributed by atoms with Crippen LogP contribution >= 0.6 is 0 Å². The summed E-state index contributed by atoms with van der Waals surface area (Å²) >= 11 is 0. The van der Waals surface area contributed by atoms with E-state index >= 15 is 0 Å². The lowest BCUT2D eigenvalue weighted by molar-refractivity contribution is 0.583. The number of benzene rings is 13. The molecular weight excluding hydrogens is 1120 g/mol. The normalized spacial score (nSPS) is 14.7. The van der Waals surface area contributed by atoms with Crippen molar-refractivity contribution in [1.29, 1.82) is 0 Å². The van der Waals surface area contributed by atoms with E-state index < -0.39 is 0 Å². The number of aromatic nitrogens is 4. The lowest BCUT2D eigenvalue weighted by atomic mass is 9.75. The molecule has 92 heavy (non-hydrogen) atoms. The van der Waals surface area contributed by atoms with Crippen LogP contribution in [0.25, 0.3) is 143 Å². The molecule has 0 amide bonds. The zero-order chi connectivity index (χ0) is 61.3. The molecule has 0 saturated heterocycles. The standard InChI is InChI=1S/C86H58N4O2/c1-85(2)73-27-13-8-20-61(73)69-49-72-65-24-12-15-29-77(65)87(82(72)50-76(69)85)55-38-40-57(41-39-55)90-81-45-42-58(48-71(81)60-19-5-7-26-67(60)84(90)92)88-78-30-16-11-23-64(78)70-46-52(32-44-80(70)88)51-86(3)74-28-14-9-21-62(74)68-47-54(35-43-75(68)86)53-33-36-56(37-34-53)89-79-31-17-10-22-63(79)59-18-4-6-25-66(59)83(89)91/h4-50H,51H2,1-3H3. The Balaban J connectivity index is 0.676. The molecule has 0 N–H and O–H groups in total. The maximum Gasteiger partial charge on any atom is 0.263 e. The second-order valence-electron chi connectivity index (χ2n) is 26.1. The van der Waals surface area contributed by atoms with Gasteiger partial charge in [-0.15, -0.1) is 0 Å². The number of rotatable bonds is 7. The van der Waals surface area contributed by atoms with Gasteiger partial charge in [0.2, 0.25) is 0 Å². The van der Waals surface area contributed by atoms with Crippen LogP contribution in [0.3, 0.4) is 0 Å². The molecule has 2 aliphatic carbocycles. The third-order valence-corrected chi connectivity index (χ3v) is 20.8. The van der Waals surface area contributed by atoms with Crippen LogP contribution in [0.1, 0.15) is 48.6 Å². The van der Waals surface area contributed by atoms with Gasteiger partial charge in [-0.1, -0.05) is 191 Å².